The fourth-order valence-electron chi connectivity index (χ4n) is 3.35. The molecule has 0 aliphatic carbocycles. The van der Waals surface area contributed by atoms with Gasteiger partial charge in [0.15, 0.2) is 17.8 Å². The number of rotatable bonds is 13. The Kier molecular flexibility index (Phi) is 10.1. The fraction of sp³-hybridized carbons (Fsp3) is 0.421. The smallest absolute Gasteiger partial charge is 0.340 e. The number of nitrogens with one attached hydrogen (secondary N) is 1. The number of hydrogen-bond acceptors (Lipinski definition) is 10. The van der Waals surface area contributed by atoms with Crippen LogP contribution in [-0.2, 0) is 24.8 Å². The Bertz CT molecular complexity index is 1320. The van der Waals surface area contributed by atoms with Crippen molar-refractivity contribution >= 4 is 55.2 Å². The van der Waals surface area contributed by atoms with E-state index in [9.17, 15) is 24.2 Å². The number of methoxy groups -OCH3 is 1. The summed E-state index contributed by atoms with van der Waals surface area (Å²) in [5.74, 6) is -1.10. The number of aliphatic hydroxyl groups excluding tert-OH is 2. The van der Waals surface area contributed by atoms with E-state index in [0.29, 0.717) is 29.2 Å². The number of hydrogen-bond donors (Lipinski definition) is 6. The van der Waals surface area contributed by atoms with Crippen LogP contribution in [-0.4, -0.2) is 83.0 Å². The van der Waals surface area contributed by atoms with Gasteiger partial charge in [-0.3, -0.25) is 9.13 Å². The lowest BCUT2D eigenvalue weighted by atomic mass is 10.1. The second-order valence-electron chi connectivity index (χ2n) is 7.85. The summed E-state index contributed by atoms with van der Waals surface area (Å²) in [5.41, 5.74) is 0.986. The first-order chi connectivity index (χ1) is 17.3. The van der Waals surface area contributed by atoms with Crippen molar-refractivity contribution < 1.29 is 43.3 Å². The molecule has 37 heavy (non-hydrogen) atoms. The van der Waals surface area contributed by atoms with E-state index in [0.717, 1.165) is 17.4 Å². The molecular weight excluding hydrogens is 575 g/mol. The molecule has 2 heterocycles. The quantitative estimate of drug-likeness (QED) is 0.123. The predicted octanol–water partition coefficient (Wildman–Crippen LogP) is 1.99. The Morgan fingerprint density at radius 2 is 1.84 bits per heavy atom. The summed E-state index contributed by atoms with van der Waals surface area (Å²) >= 11 is 12.2. The summed E-state index contributed by atoms with van der Waals surface area (Å²) in [6.45, 7) is -0.340. The molecule has 0 radical (unpaired) electrons. The highest BCUT2D eigenvalue weighted by molar-refractivity contribution is 7.70. The van der Waals surface area contributed by atoms with Gasteiger partial charge < -0.3 is 39.5 Å². The molecule has 6 N–H and O–H groups in total. The number of fused-ring (bicyclic) bond motifs is 1. The number of nitrogens with zero attached hydrogens (tertiary/aromatic N) is 4. The van der Waals surface area contributed by atoms with Crippen molar-refractivity contribution in [1.29, 1.82) is 0 Å². The van der Waals surface area contributed by atoms with Crippen molar-refractivity contribution in [2.75, 3.05) is 31.5 Å². The van der Waals surface area contributed by atoms with Crippen LogP contribution in [0.5, 0.6) is 0 Å². The van der Waals surface area contributed by atoms with Crippen LogP contribution in [0.25, 0.3) is 11.0 Å². The van der Waals surface area contributed by atoms with Gasteiger partial charge in [0, 0.05) is 18.7 Å². The molecule has 0 amide bonds. The number of anilines is 1. The molecule has 0 aliphatic heterocycles. The number of benzene rings is 1. The van der Waals surface area contributed by atoms with Gasteiger partial charge in [0.25, 0.3) is 0 Å². The largest absolute Gasteiger partial charge is 0.386 e. The third-order valence-corrected chi connectivity index (χ3v) is 9.11. The molecule has 0 saturated carbocycles. The summed E-state index contributed by atoms with van der Waals surface area (Å²) in [5, 5.41) is 29.4. The minimum Gasteiger partial charge on any atom is -0.386 e. The summed E-state index contributed by atoms with van der Waals surface area (Å²) in [6.07, 6.45) is -3.03. The van der Waals surface area contributed by atoms with Crippen LogP contribution in [0.15, 0.2) is 30.5 Å². The first kappa shape index (κ1) is 29.9. The van der Waals surface area contributed by atoms with Crippen molar-refractivity contribution in [2.24, 2.45) is 0 Å². The molecule has 0 fully saturated rings. The van der Waals surface area contributed by atoms with Crippen LogP contribution < -0.4 is 5.32 Å². The molecule has 0 bridgehead atoms. The highest BCUT2D eigenvalue weighted by Crippen LogP contribution is 2.55. The third kappa shape index (κ3) is 8.16. The van der Waals surface area contributed by atoms with Crippen molar-refractivity contribution in [2.45, 2.75) is 24.9 Å². The summed E-state index contributed by atoms with van der Waals surface area (Å²) in [4.78, 5) is 35.7. The van der Waals surface area contributed by atoms with Gasteiger partial charge in [-0.15, -0.1) is 0 Å². The van der Waals surface area contributed by atoms with Gasteiger partial charge in [-0.05, 0) is 29.7 Å². The Morgan fingerprint density at radius 3 is 2.49 bits per heavy atom. The first-order valence-electron chi connectivity index (χ1n) is 10.6. The minimum absolute atomic E-state index is 0.0666. The molecule has 4 atom stereocenters. The molecule has 0 spiro atoms. The van der Waals surface area contributed by atoms with E-state index in [1.54, 1.807) is 6.07 Å². The molecule has 0 saturated heterocycles. The lowest BCUT2D eigenvalue weighted by molar-refractivity contribution is -0.117. The van der Waals surface area contributed by atoms with Gasteiger partial charge in [0.05, 0.1) is 18.2 Å². The van der Waals surface area contributed by atoms with Crippen molar-refractivity contribution in [3.05, 3.63) is 46.3 Å². The molecule has 1 unspecified atom stereocenters. The van der Waals surface area contributed by atoms with Gasteiger partial charge in [0.2, 0.25) is 5.28 Å². The Balaban J connectivity index is 1.74. The molecule has 0 aliphatic rings. The van der Waals surface area contributed by atoms with E-state index in [-0.39, 0.29) is 10.9 Å². The van der Waals surface area contributed by atoms with E-state index in [2.05, 4.69) is 24.9 Å². The molecule has 3 rings (SSSR count). The van der Waals surface area contributed by atoms with Crippen molar-refractivity contribution in [3.63, 3.8) is 0 Å². The number of ether oxygens (including phenoxy) is 1. The average molecular weight is 600 g/mol. The molecule has 14 nitrogen and oxygen atoms in total. The number of halogens is 2. The van der Waals surface area contributed by atoms with Gasteiger partial charge in [-0.25, -0.2) is 4.68 Å². The zero-order valence-corrected chi connectivity index (χ0v) is 22.6. The molecule has 1 aromatic carbocycles. The van der Waals surface area contributed by atoms with Crippen molar-refractivity contribution in [1.82, 2.24) is 19.7 Å². The third-order valence-electron chi connectivity index (χ3n) is 5.11. The summed E-state index contributed by atoms with van der Waals surface area (Å²) in [6, 6.07) is 7.36. The van der Waals surface area contributed by atoms with E-state index in [4.69, 9.17) is 37.7 Å². The van der Waals surface area contributed by atoms with Crippen LogP contribution in [0.2, 0.25) is 10.3 Å². The van der Waals surface area contributed by atoms with E-state index in [1.165, 1.54) is 6.20 Å². The van der Waals surface area contributed by atoms with Crippen LogP contribution in [0, 0.1) is 0 Å². The first-order valence-corrected chi connectivity index (χ1v) is 14.9. The van der Waals surface area contributed by atoms with Crippen LogP contribution in [0.4, 0.5) is 5.82 Å². The van der Waals surface area contributed by atoms with Crippen LogP contribution in [0.3, 0.4) is 0 Å². The second-order valence-corrected chi connectivity index (χ2v) is 12.6. The maximum absolute atomic E-state index is 11.9. The highest BCUT2D eigenvalue weighted by Gasteiger charge is 2.35. The maximum atomic E-state index is 11.9. The minimum atomic E-state index is -4.85. The van der Waals surface area contributed by atoms with Gasteiger partial charge in [0.1, 0.15) is 18.0 Å². The topological polar surface area (TPSA) is 209 Å². The summed E-state index contributed by atoms with van der Waals surface area (Å²) in [7, 11) is -8.42. The Morgan fingerprint density at radius 1 is 1.14 bits per heavy atom. The number of aromatic nitrogens is 4. The Labute approximate surface area is 220 Å². The van der Waals surface area contributed by atoms with Crippen molar-refractivity contribution in [3.8, 4) is 0 Å². The highest BCUT2D eigenvalue weighted by atomic mass is 35.5. The van der Waals surface area contributed by atoms with Gasteiger partial charge in [-0.1, -0.05) is 29.8 Å². The Hall–Kier alpha value is -1.67. The molecular formula is C19H25Cl2N5O9P2. The lowest BCUT2D eigenvalue weighted by Gasteiger charge is -2.26. The summed E-state index contributed by atoms with van der Waals surface area (Å²) < 4.78 is 33.6. The van der Waals surface area contributed by atoms with Crippen LogP contribution >= 0.6 is 38.4 Å². The fourth-order valence-corrected chi connectivity index (χ4v) is 6.31. The van der Waals surface area contributed by atoms with E-state index >= 15 is 0 Å². The zero-order chi connectivity index (χ0) is 27.4. The molecule has 3 aromatic rings. The molecule has 204 valence electrons. The zero-order valence-electron chi connectivity index (χ0n) is 19.3. The second kappa shape index (κ2) is 12.5. The standard InChI is InChI=1S/C19H25Cl2N5O9P2/c1-34-14(9-35-37(32,33)10-36(29,30)31)15(27)18(28)26-17-12(8-23-26)16(24-19(21)25-17)22-7-6-11-4-2-3-5-13(11)20/h2-5,8,14-15,18,27-28H,6-7,9-10H2,1H3,(H,32,33)(H,22,24,25)(H2,29,30,31)/t14-,15-,18-/m1/s1. The van der Waals surface area contributed by atoms with E-state index in [1.807, 2.05) is 18.2 Å². The average Bonchev–Trinajstić information content (AvgIpc) is 3.22. The molecule has 2 aromatic heterocycles. The SMILES string of the molecule is CO[C@H](COP(=O)(O)CP(=O)(O)O)[C@@H](O)[C@@H](O)n1ncc2c(NCCc3ccccc3Cl)nc(Cl)nc21. The lowest BCUT2D eigenvalue weighted by Crippen LogP contribution is -2.39. The van der Waals surface area contributed by atoms with Crippen LogP contribution in [0.1, 0.15) is 11.8 Å². The maximum Gasteiger partial charge on any atom is 0.340 e. The van der Waals surface area contributed by atoms with Gasteiger partial charge in [-0.2, -0.15) is 15.1 Å². The number of aliphatic hydroxyl groups is 2. The predicted molar refractivity (Wildman–Crippen MR) is 135 cm³/mol. The normalized spacial score (nSPS) is 16.3. The van der Waals surface area contributed by atoms with E-state index < -0.39 is 46.1 Å². The monoisotopic (exact) mass is 599 g/mol. The molecule has 18 heteroatoms. The van der Waals surface area contributed by atoms with Gasteiger partial charge >= 0.3 is 15.2 Å².